The fourth-order valence-corrected chi connectivity index (χ4v) is 2.38. The maximum atomic E-state index is 12.3. The molecule has 0 aromatic heterocycles. The van der Waals surface area contributed by atoms with E-state index in [4.69, 9.17) is 9.84 Å². The van der Waals surface area contributed by atoms with Gasteiger partial charge in [-0.25, -0.2) is 0 Å². The number of carbonyl (C=O) groups excluding carboxylic acids is 1. The van der Waals surface area contributed by atoms with E-state index in [9.17, 15) is 20.1 Å². The van der Waals surface area contributed by atoms with Crippen LogP contribution in [0.1, 0.15) is 10.4 Å². The number of carbonyl (C=O) groups is 1. The number of nitrogens with one attached hydrogen (secondary N) is 2. The highest BCUT2D eigenvalue weighted by Crippen LogP contribution is 2.21. The summed E-state index contributed by atoms with van der Waals surface area (Å²) < 4.78 is 4.99. The minimum absolute atomic E-state index is 0.322. The maximum absolute atomic E-state index is 12.3. The molecule has 1 aromatic carbocycles. The molecule has 0 radical (unpaired) electrons. The molecule has 5 atom stereocenters. The Hall–Kier alpha value is -1.71. The van der Waals surface area contributed by atoms with Crippen molar-refractivity contribution in [2.75, 3.05) is 19.0 Å². The summed E-state index contributed by atoms with van der Waals surface area (Å²) >= 11 is 0. The summed E-state index contributed by atoms with van der Waals surface area (Å²) in [5.41, 5.74) is 0.901. The van der Waals surface area contributed by atoms with Crippen LogP contribution >= 0.6 is 0 Å². The molecule has 1 aliphatic heterocycles. The monoisotopic (exact) mass is 312 g/mol. The van der Waals surface area contributed by atoms with Gasteiger partial charge in [-0.15, -0.1) is 0 Å². The van der Waals surface area contributed by atoms with Crippen LogP contribution in [0, 0.1) is 0 Å². The van der Waals surface area contributed by atoms with Gasteiger partial charge >= 0.3 is 0 Å². The van der Waals surface area contributed by atoms with Crippen LogP contribution in [0.2, 0.25) is 0 Å². The number of anilines is 1. The second-order valence-electron chi connectivity index (χ2n) is 5.02. The van der Waals surface area contributed by atoms with Gasteiger partial charge in [0.1, 0.15) is 24.4 Å². The molecule has 1 heterocycles. The number of hydrogen-bond donors (Lipinski definition) is 6. The average molecular weight is 312 g/mol. The van der Waals surface area contributed by atoms with Crippen LogP contribution in [-0.4, -0.2) is 70.6 Å². The highest BCUT2D eigenvalue weighted by atomic mass is 16.6. The van der Waals surface area contributed by atoms with E-state index in [0.29, 0.717) is 11.3 Å². The molecule has 0 spiro atoms. The Morgan fingerprint density at radius 1 is 1.23 bits per heavy atom. The highest BCUT2D eigenvalue weighted by molar-refractivity contribution is 5.99. The number of aliphatic hydroxyl groups excluding tert-OH is 4. The molecule has 5 unspecified atom stereocenters. The van der Waals surface area contributed by atoms with Crippen molar-refractivity contribution in [1.29, 1.82) is 0 Å². The van der Waals surface area contributed by atoms with Gasteiger partial charge in [0.05, 0.1) is 12.2 Å². The van der Waals surface area contributed by atoms with Gasteiger partial charge in [0.2, 0.25) is 0 Å². The third-order valence-corrected chi connectivity index (χ3v) is 3.64. The molecule has 22 heavy (non-hydrogen) atoms. The molecule has 1 aliphatic rings. The molecule has 1 fully saturated rings. The SMILES string of the molecule is CNc1ccccc1C(=O)NC1C(O)OC(CO)C(O)C1O. The quantitative estimate of drug-likeness (QED) is 0.389. The van der Waals surface area contributed by atoms with Crippen molar-refractivity contribution in [3.8, 4) is 0 Å². The second-order valence-corrected chi connectivity index (χ2v) is 5.02. The van der Waals surface area contributed by atoms with Gasteiger partial charge in [-0.1, -0.05) is 12.1 Å². The van der Waals surface area contributed by atoms with E-state index in [1.165, 1.54) is 0 Å². The Morgan fingerprint density at radius 2 is 1.91 bits per heavy atom. The van der Waals surface area contributed by atoms with E-state index in [-0.39, 0.29) is 0 Å². The Balaban J connectivity index is 2.14. The third-order valence-electron chi connectivity index (χ3n) is 3.64. The van der Waals surface area contributed by atoms with Crippen molar-refractivity contribution < 1.29 is 30.0 Å². The van der Waals surface area contributed by atoms with Crippen molar-refractivity contribution in [3.63, 3.8) is 0 Å². The van der Waals surface area contributed by atoms with E-state index in [1.807, 2.05) is 0 Å². The van der Waals surface area contributed by atoms with E-state index in [1.54, 1.807) is 31.3 Å². The van der Waals surface area contributed by atoms with Gasteiger partial charge < -0.3 is 35.8 Å². The van der Waals surface area contributed by atoms with E-state index in [2.05, 4.69) is 10.6 Å². The summed E-state index contributed by atoms with van der Waals surface area (Å²) in [5, 5.41) is 44.0. The van der Waals surface area contributed by atoms with Gasteiger partial charge in [0.15, 0.2) is 6.29 Å². The first-order valence-electron chi connectivity index (χ1n) is 6.87. The van der Waals surface area contributed by atoms with Gasteiger partial charge in [0, 0.05) is 12.7 Å². The maximum Gasteiger partial charge on any atom is 0.253 e. The molecule has 122 valence electrons. The normalized spacial score (nSPS) is 31.6. The molecule has 8 nitrogen and oxygen atoms in total. The van der Waals surface area contributed by atoms with Crippen LogP contribution in [0.5, 0.6) is 0 Å². The lowest BCUT2D eigenvalue weighted by Crippen LogP contribution is -2.64. The molecular formula is C14H20N2O6. The predicted molar refractivity (Wildman–Crippen MR) is 77.2 cm³/mol. The van der Waals surface area contributed by atoms with Gasteiger partial charge in [-0.05, 0) is 12.1 Å². The van der Waals surface area contributed by atoms with Crippen LogP contribution in [-0.2, 0) is 4.74 Å². The molecule has 1 aromatic rings. The minimum atomic E-state index is -1.54. The van der Waals surface area contributed by atoms with Gasteiger partial charge in [0.25, 0.3) is 5.91 Å². The zero-order chi connectivity index (χ0) is 16.3. The van der Waals surface area contributed by atoms with Crippen LogP contribution in [0.25, 0.3) is 0 Å². The zero-order valence-corrected chi connectivity index (χ0v) is 12.0. The number of hydrogen-bond acceptors (Lipinski definition) is 7. The molecule has 0 bridgehead atoms. The van der Waals surface area contributed by atoms with E-state index >= 15 is 0 Å². The van der Waals surface area contributed by atoms with E-state index in [0.717, 1.165) is 0 Å². The smallest absolute Gasteiger partial charge is 0.253 e. The lowest BCUT2D eigenvalue weighted by atomic mass is 9.96. The van der Waals surface area contributed by atoms with Crippen LogP contribution in [0.4, 0.5) is 5.69 Å². The Bertz CT molecular complexity index is 526. The first-order chi connectivity index (χ1) is 10.5. The number of amides is 1. The van der Waals surface area contributed by atoms with Crippen molar-refractivity contribution >= 4 is 11.6 Å². The second kappa shape index (κ2) is 7.03. The minimum Gasteiger partial charge on any atom is -0.394 e. The lowest BCUT2D eigenvalue weighted by molar-refractivity contribution is -0.252. The third kappa shape index (κ3) is 3.21. The van der Waals surface area contributed by atoms with Crippen LogP contribution in [0.15, 0.2) is 24.3 Å². The number of benzene rings is 1. The van der Waals surface area contributed by atoms with Gasteiger partial charge in [-0.3, -0.25) is 4.79 Å². The molecular weight excluding hydrogens is 292 g/mol. The molecule has 0 saturated carbocycles. The molecule has 1 saturated heterocycles. The fourth-order valence-electron chi connectivity index (χ4n) is 2.38. The first kappa shape index (κ1) is 16.7. The molecule has 2 rings (SSSR count). The van der Waals surface area contributed by atoms with Crippen molar-refractivity contribution in [2.24, 2.45) is 0 Å². The topological polar surface area (TPSA) is 131 Å². The van der Waals surface area contributed by atoms with Gasteiger partial charge in [-0.2, -0.15) is 0 Å². The Morgan fingerprint density at radius 3 is 2.55 bits per heavy atom. The van der Waals surface area contributed by atoms with Crippen LogP contribution < -0.4 is 10.6 Å². The standard InChI is InChI=1S/C14H20N2O6/c1-15-8-5-3-2-4-7(8)13(20)16-10-12(19)11(18)9(6-17)22-14(10)21/h2-5,9-12,14-15,17-19,21H,6H2,1H3,(H,16,20). The predicted octanol–water partition coefficient (Wildman–Crippen LogP) is -1.74. The number of aliphatic hydroxyl groups is 4. The van der Waals surface area contributed by atoms with Crippen molar-refractivity contribution in [2.45, 2.75) is 30.6 Å². The molecule has 0 aliphatic carbocycles. The summed E-state index contributed by atoms with van der Waals surface area (Å²) in [6.45, 7) is -0.557. The first-order valence-corrected chi connectivity index (χ1v) is 6.87. The van der Waals surface area contributed by atoms with E-state index < -0.39 is 43.2 Å². The zero-order valence-electron chi connectivity index (χ0n) is 12.0. The molecule has 1 amide bonds. The Labute approximate surface area is 127 Å². The summed E-state index contributed by atoms with van der Waals surface area (Å²) in [6, 6.07) is 5.50. The fraction of sp³-hybridized carbons (Fsp3) is 0.500. The summed E-state index contributed by atoms with van der Waals surface area (Å²) in [6.07, 6.45) is -5.53. The molecule has 8 heteroatoms. The number of para-hydroxylation sites is 1. The summed E-state index contributed by atoms with van der Waals surface area (Å²) in [5.74, 6) is -0.536. The molecule has 6 N–H and O–H groups in total. The van der Waals surface area contributed by atoms with Crippen molar-refractivity contribution in [3.05, 3.63) is 29.8 Å². The largest absolute Gasteiger partial charge is 0.394 e. The Kier molecular flexibility index (Phi) is 5.33. The lowest BCUT2D eigenvalue weighted by Gasteiger charge is -2.40. The summed E-state index contributed by atoms with van der Waals surface area (Å²) in [7, 11) is 1.66. The van der Waals surface area contributed by atoms with Crippen molar-refractivity contribution in [1.82, 2.24) is 5.32 Å². The highest BCUT2D eigenvalue weighted by Gasteiger charge is 2.44. The average Bonchev–Trinajstić information content (AvgIpc) is 2.54. The number of ether oxygens (including phenoxy) is 1. The number of rotatable bonds is 4. The van der Waals surface area contributed by atoms with Crippen LogP contribution in [0.3, 0.4) is 0 Å². The summed E-state index contributed by atoms with van der Waals surface area (Å²) in [4.78, 5) is 12.3.